The van der Waals surface area contributed by atoms with Gasteiger partial charge in [0.25, 0.3) is 6.01 Å². The zero-order chi connectivity index (χ0) is 13.0. The van der Waals surface area contributed by atoms with Crippen LogP contribution in [0.15, 0.2) is 10.7 Å². The summed E-state index contributed by atoms with van der Waals surface area (Å²) in [7, 11) is 1.94. The molecule has 0 radical (unpaired) electrons. The molecule has 0 amide bonds. The minimum Gasteiger partial charge on any atom is -0.461 e. The molecule has 2 heterocycles. The van der Waals surface area contributed by atoms with Gasteiger partial charge in [0.1, 0.15) is 6.26 Å². The highest BCUT2D eigenvalue weighted by Crippen LogP contribution is 2.19. The van der Waals surface area contributed by atoms with Crippen LogP contribution in [0.5, 0.6) is 0 Å². The maximum Gasteiger partial charge on any atom is 0.360 e. The number of ether oxygens (including phenoxy) is 1. The Morgan fingerprint density at radius 1 is 1.61 bits per heavy atom. The molecule has 1 saturated heterocycles. The molecule has 1 fully saturated rings. The second-order valence-corrected chi connectivity index (χ2v) is 4.33. The second-order valence-electron chi connectivity index (χ2n) is 4.33. The van der Waals surface area contributed by atoms with Crippen molar-refractivity contribution in [3.05, 3.63) is 12.0 Å². The summed E-state index contributed by atoms with van der Waals surface area (Å²) in [4.78, 5) is 17.6. The number of carbonyl (C=O) groups excluding carboxylic acids is 1. The van der Waals surface area contributed by atoms with E-state index in [1.807, 2.05) is 11.9 Å². The van der Waals surface area contributed by atoms with Crippen molar-refractivity contribution in [3.8, 4) is 0 Å². The number of carbonyl (C=O) groups is 1. The molecule has 2 rings (SSSR count). The van der Waals surface area contributed by atoms with E-state index in [-0.39, 0.29) is 5.69 Å². The first-order valence-electron chi connectivity index (χ1n) is 6.28. The van der Waals surface area contributed by atoms with Gasteiger partial charge in [-0.1, -0.05) is 0 Å². The normalized spacial score (nSPS) is 16.6. The lowest BCUT2D eigenvalue weighted by Crippen LogP contribution is -2.41. The minimum atomic E-state index is -0.439. The lowest BCUT2D eigenvalue weighted by atomic mass is 10.1. The van der Waals surface area contributed by atoms with Crippen molar-refractivity contribution in [2.45, 2.75) is 25.8 Å². The quantitative estimate of drug-likeness (QED) is 0.809. The van der Waals surface area contributed by atoms with Crippen LogP contribution in [0.4, 0.5) is 6.01 Å². The van der Waals surface area contributed by atoms with E-state index in [4.69, 9.17) is 9.15 Å². The van der Waals surface area contributed by atoms with Crippen LogP contribution in [-0.4, -0.2) is 43.7 Å². The van der Waals surface area contributed by atoms with Gasteiger partial charge >= 0.3 is 5.97 Å². The first-order valence-corrected chi connectivity index (χ1v) is 6.28. The number of nitrogens with zero attached hydrogens (tertiary/aromatic N) is 2. The van der Waals surface area contributed by atoms with Gasteiger partial charge in [0, 0.05) is 13.1 Å². The highest BCUT2D eigenvalue weighted by atomic mass is 16.5. The van der Waals surface area contributed by atoms with E-state index in [1.165, 1.54) is 6.26 Å². The zero-order valence-electron chi connectivity index (χ0n) is 10.8. The summed E-state index contributed by atoms with van der Waals surface area (Å²) in [6, 6.07) is 0.880. The third kappa shape index (κ3) is 2.81. The lowest BCUT2D eigenvalue weighted by molar-refractivity contribution is 0.0519. The number of hydrogen-bond acceptors (Lipinski definition) is 6. The van der Waals surface area contributed by atoms with E-state index < -0.39 is 5.97 Å². The topological polar surface area (TPSA) is 67.6 Å². The fourth-order valence-corrected chi connectivity index (χ4v) is 2.08. The van der Waals surface area contributed by atoms with E-state index in [0.717, 1.165) is 25.9 Å². The molecule has 0 spiro atoms. The first kappa shape index (κ1) is 12.9. The van der Waals surface area contributed by atoms with Crippen LogP contribution in [0.2, 0.25) is 0 Å². The van der Waals surface area contributed by atoms with Crippen LogP contribution in [0.3, 0.4) is 0 Å². The van der Waals surface area contributed by atoms with Gasteiger partial charge in [-0.25, -0.2) is 4.79 Å². The van der Waals surface area contributed by atoms with E-state index in [9.17, 15) is 4.79 Å². The van der Waals surface area contributed by atoms with Gasteiger partial charge in [0.05, 0.1) is 6.61 Å². The van der Waals surface area contributed by atoms with Crippen molar-refractivity contribution >= 4 is 12.0 Å². The number of esters is 1. The van der Waals surface area contributed by atoms with E-state index in [2.05, 4.69) is 10.3 Å². The predicted molar refractivity (Wildman–Crippen MR) is 66.8 cm³/mol. The van der Waals surface area contributed by atoms with Crippen LogP contribution in [-0.2, 0) is 4.74 Å². The van der Waals surface area contributed by atoms with Crippen molar-refractivity contribution in [2.75, 3.05) is 31.6 Å². The standard InChI is InChI=1S/C12H19N3O3/c1-3-17-11(16)10-8-18-12(14-10)15(2)9-4-6-13-7-5-9/h8-9,13H,3-7H2,1-2H3. The maximum absolute atomic E-state index is 11.5. The van der Waals surface area contributed by atoms with Crippen molar-refractivity contribution in [2.24, 2.45) is 0 Å². The van der Waals surface area contributed by atoms with Gasteiger partial charge in [-0.05, 0) is 32.9 Å². The molecule has 0 unspecified atom stereocenters. The molecule has 1 aliphatic heterocycles. The molecule has 1 N–H and O–H groups in total. The lowest BCUT2D eigenvalue weighted by Gasteiger charge is -2.30. The molecular formula is C12H19N3O3. The molecule has 0 aromatic carbocycles. The Bertz CT molecular complexity index is 399. The molecule has 1 aromatic rings. The SMILES string of the molecule is CCOC(=O)c1coc(N(C)C2CCNCC2)n1. The summed E-state index contributed by atoms with van der Waals surface area (Å²) >= 11 is 0. The van der Waals surface area contributed by atoms with Crippen LogP contribution in [0, 0.1) is 0 Å². The van der Waals surface area contributed by atoms with Crippen molar-refractivity contribution < 1.29 is 13.9 Å². The Morgan fingerprint density at radius 2 is 2.33 bits per heavy atom. The molecule has 0 atom stereocenters. The van der Waals surface area contributed by atoms with Gasteiger partial charge in [-0.15, -0.1) is 0 Å². The highest BCUT2D eigenvalue weighted by molar-refractivity contribution is 5.87. The van der Waals surface area contributed by atoms with Crippen molar-refractivity contribution in [1.29, 1.82) is 0 Å². The molecule has 0 bridgehead atoms. The largest absolute Gasteiger partial charge is 0.461 e. The van der Waals surface area contributed by atoms with Crippen LogP contribution in [0.25, 0.3) is 0 Å². The summed E-state index contributed by atoms with van der Waals surface area (Å²) in [5, 5.41) is 3.31. The van der Waals surface area contributed by atoms with Gasteiger partial charge < -0.3 is 19.4 Å². The Hall–Kier alpha value is -1.56. The number of oxazole rings is 1. The van der Waals surface area contributed by atoms with Crippen LogP contribution < -0.4 is 10.2 Å². The Kier molecular flexibility index (Phi) is 4.19. The summed E-state index contributed by atoms with van der Waals surface area (Å²) < 4.78 is 10.2. The Balaban J connectivity index is 2.02. The average molecular weight is 253 g/mol. The molecule has 100 valence electrons. The summed E-state index contributed by atoms with van der Waals surface area (Å²) in [5.41, 5.74) is 0.229. The second kappa shape index (κ2) is 5.86. The number of rotatable bonds is 4. The number of piperidine rings is 1. The van der Waals surface area contributed by atoms with Gasteiger partial charge in [0.15, 0.2) is 5.69 Å². The summed E-state index contributed by atoms with van der Waals surface area (Å²) in [6.45, 7) is 4.10. The smallest absolute Gasteiger partial charge is 0.360 e. The van der Waals surface area contributed by atoms with Gasteiger partial charge in [0.2, 0.25) is 0 Å². The Labute approximate surface area is 106 Å². The molecule has 18 heavy (non-hydrogen) atoms. The molecule has 6 heteroatoms. The number of hydrogen-bond donors (Lipinski definition) is 1. The molecule has 1 aromatic heterocycles. The van der Waals surface area contributed by atoms with E-state index >= 15 is 0 Å². The number of aromatic nitrogens is 1. The van der Waals surface area contributed by atoms with E-state index in [1.54, 1.807) is 6.92 Å². The van der Waals surface area contributed by atoms with Crippen LogP contribution >= 0.6 is 0 Å². The van der Waals surface area contributed by atoms with Gasteiger partial charge in [-0.3, -0.25) is 0 Å². The number of anilines is 1. The molecule has 6 nitrogen and oxygen atoms in total. The summed E-state index contributed by atoms with van der Waals surface area (Å²) in [5.74, 6) is -0.439. The van der Waals surface area contributed by atoms with E-state index in [0.29, 0.717) is 18.7 Å². The fourth-order valence-electron chi connectivity index (χ4n) is 2.08. The monoisotopic (exact) mass is 253 g/mol. The molecule has 1 aliphatic rings. The zero-order valence-corrected chi connectivity index (χ0v) is 10.8. The van der Waals surface area contributed by atoms with Crippen molar-refractivity contribution in [1.82, 2.24) is 10.3 Å². The highest BCUT2D eigenvalue weighted by Gasteiger charge is 2.22. The fraction of sp³-hybridized carbons (Fsp3) is 0.667. The molecular weight excluding hydrogens is 234 g/mol. The maximum atomic E-state index is 11.5. The van der Waals surface area contributed by atoms with Gasteiger partial charge in [-0.2, -0.15) is 4.98 Å². The molecule has 0 aliphatic carbocycles. The minimum absolute atomic E-state index is 0.229. The average Bonchev–Trinajstić information content (AvgIpc) is 2.89. The predicted octanol–water partition coefficient (Wildman–Crippen LogP) is 1.04. The Morgan fingerprint density at radius 3 is 3.00 bits per heavy atom. The summed E-state index contributed by atoms with van der Waals surface area (Å²) in [6.07, 6.45) is 3.45. The third-order valence-corrected chi connectivity index (χ3v) is 3.13. The first-order chi connectivity index (χ1) is 8.72. The number of nitrogens with one attached hydrogen (secondary N) is 1. The van der Waals surface area contributed by atoms with Crippen molar-refractivity contribution in [3.63, 3.8) is 0 Å². The third-order valence-electron chi connectivity index (χ3n) is 3.13. The van der Waals surface area contributed by atoms with Crippen LogP contribution in [0.1, 0.15) is 30.3 Å². The molecule has 0 saturated carbocycles.